The van der Waals surface area contributed by atoms with E-state index in [0.717, 1.165) is 0 Å². The number of rotatable bonds is 4. The molecule has 1 N–H and O–H groups in total. The van der Waals surface area contributed by atoms with Crippen LogP contribution >= 0.6 is 0 Å². The van der Waals surface area contributed by atoms with Gasteiger partial charge in [0.2, 0.25) is 0 Å². The minimum Gasteiger partial charge on any atom is -0.465 e. The molecule has 0 bridgehead atoms. The molecule has 1 saturated heterocycles. The van der Waals surface area contributed by atoms with Crippen LogP contribution in [0.5, 0.6) is 0 Å². The van der Waals surface area contributed by atoms with E-state index < -0.39 is 12.1 Å². The average molecular weight is 187 g/mol. The summed E-state index contributed by atoms with van der Waals surface area (Å²) in [6, 6.07) is -1.00. The van der Waals surface area contributed by atoms with Crippen molar-refractivity contribution in [2.24, 2.45) is 0 Å². The molecular weight excluding hydrogens is 174 g/mol. The zero-order chi connectivity index (χ0) is 9.84. The summed E-state index contributed by atoms with van der Waals surface area (Å²) in [6.45, 7) is 4.10. The van der Waals surface area contributed by atoms with Crippen LogP contribution in [0.25, 0.3) is 0 Å². The second-order valence-electron chi connectivity index (χ2n) is 2.63. The molecule has 0 saturated carbocycles. The van der Waals surface area contributed by atoms with Gasteiger partial charge in [0, 0.05) is 0 Å². The van der Waals surface area contributed by atoms with Crippen molar-refractivity contribution in [2.75, 3.05) is 13.2 Å². The van der Waals surface area contributed by atoms with Crippen molar-refractivity contribution in [3.8, 4) is 0 Å². The molecule has 1 aliphatic heterocycles. The second kappa shape index (κ2) is 4.23. The van der Waals surface area contributed by atoms with Crippen LogP contribution in [0.4, 0.5) is 0 Å². The van der Waals surface area contributed by atoms with Crippen LogP contribution in [0.3, 0.4) is 0 Å². The fourth-order valence-electron chi connectivity index (χ4n) is 1.01. The lowest BCUT2D eigenvalue weighted by molar-refractivity contribution is -0.147. The lowest BCUT2D eigenvalue weighted by atomic mass is 10.3. The summed E-state index contributed by atoms with van der Waals surface area (Å²) < 4.78 is 9.43. The lowest BCUT2D eigenvalue weighted by Crippen LogP contribution is -2.20. The number of nitrogens with one attached hydrogen (secondary N) is 1. The number of carbonyl (C=O) groups excluding carboxylic acids is 2. The molecule has 1 fully saturated rings. The number of carbonyl (C=O) groups is 2. The topological polar surface area (TPSA) is 74.5 Å². The highest BCUT2D eigenvalue weighted by atomic mass is 16.5. The smallest absolute Gasteiger partial charge is 0.325 e. The van der Waals surface area contributed by atoms with Crippen LogP contribution in [0.2, 0.25) is 0 Å². The first kappa shape index (κ1) is 9.98. The molecule has 0 aliphatic carbocycles. The van der Waals surface area contributed by atoms with Crippen LogP contribution in [-0.4, -0.2) is 37.2 Å². The largest absolute Gasteiger partial charge is 0.465 e. The summed E-state index contributed by atoms with van der Waals surface area (Å²) in [7, 11) is 0. The molecule has 0 radical (unpaired) electrons. The van der Waals surface area contributed by atoms with E-state index in [4.69, 9.17) is 9.47 Å². The molecule has 0 aromatic carbocycles. The first-order valence-corrected chi connectivity index (χ1v) is 4.30. The molecule has 0 amide bonds. The molecule has 1 rings (SSSR count). The number of hydrogen-bond acceptors (Lipinski definition) is 5. The Labute approximate surface area is 76.4 Å². The van der Waals surface area contributed by atoms with Gasteiger partial charge in [-0.1, -0.05) is 0 Å². The maximum Gasteiger partial charge on any atom is 0.325 e. The van der Waals surface area contributed by atoms with Crippen molar-refractivity contribution in [1.29, 1.82) is 0 Å². The molecule has 0 aromatic rings. The minimum atomic E-state index is -0.501. The minimum absolute atomic E-state index is 0.326. The molecular formula is C8H13NO4. The first-order chi connectivity index (χ1) is 6.20. The predicted octanol–water partition coefficient (Wildman–Crippen LogP) is -0.547. The van der Waals surface area contributed by atoms with E-state index in [1.807, 2.05) is 0 Å². The summed E-state index contributed by atoms with van der Waals surface area (Å²) in [5, 5.41) is 2.69. The van der Waals surface area contributed by atoms with Gasteiger partial charge in [0.1, 0.15) is 12.1 Å². The lowest BCUT2D eigenvalue weighted by Gasteiger charge is -1.99. The van der Waals surface area contributed by atoms with E-state index in [1.54, 1.807) is 13.8 Å². The average Bonchev–Trinajstić information content (AvgIpc) is 2.84. The van der Waals surface area contributed by atoms with Gasteiger partial charge in [-0.3, -0.25) is 14.9 Å². The van der Waals surface area contributed by atoms with Gasteiger partial charge in [0.05, 0.1) is 13.2 Å². The standard InChI is InChI=1S/C8H13NO4/c1-3-12-7(10)5-6(9-5)8(11)13-4-2/h5-6,9H,3-4H2,1-2H3. The van der Waals surface area contributed by atoms with Gasteiger partial charge in [-0.15, -0.1) is 0 Å². The quantitative estimate of drug-likeness (QED) is 0.472. The van der Waals surface area contributed by atoms with Crippen LogP contribution in [0.1, 0.15) is 13.8 Å². The van der Waals surface area contributed by atoms with Crippen LogP contribution in [0.15, 0.2) is 0 Å². The maximum atomic E-state index is 11.0. The van der Waals surface area contributed by atoms with Gasteiger partial charge in [-0.05, 0) is 13.8 Å². The monoisotopic (exact) mass is 187 g/mol. The van der Waals surface area contributed by atoms with Gasteiger partial charge in [-0.25, -0.2) is 0 Å². The SMILES string of the molecule is CCOC(=O)C1NC1C(=O)OCC. The van der Waals surface area contributed by atoms with Crippen LogP contribution in [-0.2, 0) is 19.1 Å². The summed E-state index contributed by atoms with van der Waals surface area (Å²) in [5.74, 6) is -0.777. The zero-order valence-electron chi connectivity index (χ0n) is 7.70. The van der Waals surface area contributed by atoms with E-state index in [0.29, 0.717) is 13.2 Å². The Bertz CT molecular complexity index is 194. The number of hydrogen-bond donors (Lipinski definition) is 1. The van der Waals surface area contributed by atoms with Crippen LogP contribution < -0.4 is 5.32 Å². The van der Waals surface area contributed by atoms with E-state index in [1.165, 1.54) is 0 Å². The third kappa shape index (κ3) is 2.42. The third-order valence-electron chi connectivity index (χ3n) is 1.66. The molecule has 5 heteroatoms. The molecule has 2 unspecified atom stereocenters. The van der Waals surface area contributed by atoms with Crippen molar-refractivity contribution < 1.29 is 19.1 Å². The first-order valence-electron chi connectivity index (χ1n) is 4.30. The molecule has 1 aliphatic rings. The van der Waals surface area contributed by atoms with E-state index in [-0.39, 0.29) is 11.9 Å². The van der Waals surface area contributed by atoms with Gasteiger partial charge in [-0.2, -0.15) is 0 Å². The summed E-state index contributed by atoms with van der Waals surface area (Å²) in [4.78, 5) is 22.1. The summed E-state index contributed by atoms with van der Waals surface area (Å²) >= 11 is 0. The maximum absolute atomic E-state index is 11.0. The Morgan fingerprint density at radius 1 is 1.08 bits per heavy atom. The molecule has 0 aromatic heterocycles. The van der Waals surface area contributed by atoms with Gasteiger partial charge in [0.25, 0.3) is 0 Å². The normalized spacial score (nSPS) is 25.1. The van der Waals surface area contributed by atoms with Crippen LogP contribution in [0, 0.1) is 0 Å². The molecule has 74 valence electrons. The summed E-state index contributed by atoms with van der Waals surface area (Å²) in [5.41, 5.74) is 0. The molecule has 0 spiro atoms. The van der Waals surface area contributed by atoms with Crippen molar-refractivity contribution in [2.45, 2.75) is 25.9 Å². The Morgan fingerprint density at radius 3 is 1.77 bits per heavy atom. The highest BCUT2D eigenvalue weighted by Crippen LogP contribution is 2.14. The highest BCUT2D eigenvalue weighted by molar-refractivity contribution is 5.92. The molecule has 5 nitrogen and oxygen atoms in total. The van der Waals surface area contributed by atoms with Crippen molar-refractivity contribution >= 4 is 11.9 Å². The number of esters is 2. The van der Waals surface area contributed by atoms with Crippen molar-refractivity contribution in [3.05, 3.63) is 0 Å². The zero-order valence-corrected chi connectivity index (χ0v) is 7.70. The van der Waals surface area contributed by atoms with Gasteiger partial charge < -0.3 is 9.47 Å². The van der Waals surface area contributed by atoms with E-state index in [9.17, 15) is 9.59 Å². The van der Waals surface area contributed by atoms with Crippen molar-refractivity contribution in [3.63, 3.8) is 0 Å². The molecule has 13 heavy (non-hydrogen) atoms. The van der Waals surface area contributed by atoms with Crippen molar-refractivity contribution in [1.82, 2.24) is 5.32 Å². The molecule has 1 heterocycles. The summed E-state index contributed by atoms with van der Waals surface area (Å²) in [6.07, 6.45) is 0. The fourth-order valence-corrected chi connectivity index (χ4v) is 1.01. The Hall–Kier alpha value is -1.10. The predicted molar refractivity (Wildman–Crippen MR) is 44.0 cm³/mol. The Morgan fingerprint density at radius 2 is 1.46 bits per heavy atom. The Balaban J connectivity index is 2.29. The van der Waals surface area contributed by atoms with E-state index >= 15 is 0 Å². The van der Waals surface area contributed by atoms with E-state index in [2.05, 4.69) is 5.32 Å². The third-order valence-corrected chi connectivity index (χ3v) is 1.66. The molecule has 2 atom stereocenters. The number of ether oxygens (including phenoxy) is 2. The second-order valence-corrected chi connectivity index (χ2v) is 2.63. The van der Waals surface area contributed by atoms with Gasteiger partial charge in [0.15, 0.2) is 0 Å². The fraction of sp³-hybridized carbons (Fsp3) is 0.750. The highest BCUT2D eigenvalue weighted by Gasteiger charge is 2.49. The Kier molecular flexibility index (Phi) is 3.25. The van der Waals surface area contributed by atoms with Gasteiger partial charge >= 0.3 is 11.9 Å².